The lowest BCUT2D eigenvalue weighted by atomic mass is 10.1. The third kappa shape index (κ3) is 5.48. The van der Waals surface area contributed by atoms with E-state index in [1.165, 1.54) is 7.11 Å². The number of nitrogens with zero attached hydrogens (tertiary/aromatic N) is 1. The van der Waals surface area contributed by atoms with Gasteiger partial charge in [-0.1, -0.05) is 11.6 Å². The molecule has 188 valence electrons. The standard InChI is InChI=1S/C23H22ClF3N2O5S/c1-33-17-6-4-14-9-15(22(30)28-20(14)11-17)12-29(13-18-3-2-8-34-18)35(31,32)21-10-16(23(25,26)27)5-7-19(21)24/h4-7,9-11,18H,2-3,8,12-13H2,1H3,(H,28,30)/t18-/m1/s1. The molecule has 0 unspecified atom stereocenters. The third-order valence-electron chi connectivity index (χ3n) is 5.78. The van der Waals surface area contributed by atoms with E-state index in [4.69, 9.17) is 21.1 Å². The molecule has 1 aromatic heterocycles. The van der Waals surface area contributed by atoms with Crippen molar-refractivity contribution in [2.45, 2.75) is 36.6 Å². The highest BCUT2D eigenvalue weighted by molar-refractivity contribution is 7.89. The average Bonchev–Trinajstić information content (AvgIpc) is 3.31. The maximum atomic E-state index is 13.6. The van der Waals surface area contributed by atoms with Crippen LogP contribution in [0, 0.1) is 0 Å². The molecular weight excluding hydrogens is 509 g/mol. The molecule has 0 amide bonds. The van der Waals surface area contributed by atoms with Crippen molar-refractivity contribution in [3.8, 4) is 5.75 Å². The quantitative estimate of drug-likeness (QED) is 0.483. The molecule has 35 heavy (non-hydrogen) atoms. The van der Waals surface area contributed by atoms with Crippen molar-refractivity contribution in [3.05, 3.63) is 69.0 Å². The van der Waals surface area contributed by atoms with Crippen LogP contribution in [0.15, 0.2) is 52.2 Å². The van der Waals surface area contributed by atoms with Gasteiger partial charge in [-0.2, -0.15) is 17.5 Å². The van der Waals surface area contributed by atoms with E-state index in [2.05, 4.69) is 4.98 Å². The lowest BCUT2D eigenvalue weighted by Crippen LogP contribution is -2.38. The van der Waals surface area contributed by atoms with Gasteiger partial charge in [-0.3, -0.25) is 4.79 Å². The summed E-state index contributed by atoms with van der Waals surface area (Å²) in [5.41, 5.74) is -1.07. The van der Waals surface area contributed by atoms with Crippen molar-refractivity contribution in [2.24, 2.45) is 0 Å². The van der Waals surface area contributed by atoms with Crippen LogP contribution in [-0.2, 0) is 27.5 Å². The molecule has 0 aliphatic carbocycles. The number of rotatable bonds is 7. The maximum Gasteiger partial charge on any atom is 0.416 e. The molecular formula is C23H22ClF3N2O5S. The first-order chi connectivity index (χ1) is 16.5. The predicted molar refractivity (Wildman–Crippen MR) is 124 cm³/mol. The molecule has 7 nitrogen and oxygen atoms in total. The topological polar surface area (TPSA) is 88.7 Å². The van der Waals surface area contributed by atoms with Gasteiger partial charge < -0.3 is 14.5 Å². The second kappa shape index (κ2) is 9.81. The molecule has 1 atom stereocenters. The molecule has 0 saturated carbocycles. The summed E-state index contributed by atoms with van der Waals surface area (Å²) in [5, 5.41) is 0.279. The molecule has 12 heteroatoms. The van der Waals surface area contributed by atoms with E-state index in [0.29, 0.717) is 41.8 Å². The normalized spacial score (nSPS) is 16.8. The van der Waals surface area contributed by atoms with Crippen molar-refractivity contribution in [3.63, 3.8) is 0 Å². The van der Waals surface area contributed by atoms with E-state index in [9.17, 15) is 26.4 Å². The van der Waals surface area contributed by atoms with Crippen LogP contribution in [0.1, 0.15) is 24.0 Å². The van der Waals surface area contributed by atoms with Crippen LogP contribution in [0.5, 0.6) is 5.75 Å². The van der Waals surface area contributed by atoms with E-state index in [1.807, 2.05) is 0 Å². The molecule has 1 aliphatic heterocycles. The number of halogens is 4. The van der Waals surface area contributed by atoms with Gasteiger partial charge in [0.25, 0.3) is 5.56 Å². The predicted octanol–water partition coefficient (Wildman–Crippen LogP) is 4.58. The van der Waals surface area contributed by atoms with Gasteiger partial charge in [0.05, 0.1) is 29.3 Å². The summed E-state index contributed by atoms with van der Waals surface area (Å²) in [7, 11) is -3.05. The lowest BCUT2D eigenvalue weighted by molar-refractivity contribution is -0.137. The van der Waals surface area contributed by atoms with Crippen LogP contribution >= 0.6 is 11.6 Å². The number of methoxy groups -OCH3 is 1. The smallest absolute Gasteiger partial charge is 0.416 e. The van der Waals surface area contributed by atoms with Gasteiger partial charge in [0, 0.05) is 31.3 Å². The molecule has 0 bridgehead atoms. The fraction of sp³-hybridized carbons (Fsp3) is 0.348. The molecule has 0 spiro atoms. The molecule has 4 rings (SSSR count). The molecule has 2 heterocycles. The number of benzene rings is 2. The highest BCUT2D eigenvalue weighted by atomic mass is 35.5. The number of hydrogen-bond acceptors (Lipinski definition) is 5. The van der Waals surface area contributed by atoms with Crippen molar-refractivity contribution in [1.82, 2.24) is 9.29 Å². The zero-order valence-electron chi connectivity index (χ0n) is 18.6. The summed E-state index contributed by atoms with van der Waals surface area (Å²) < 4.78 is 78.7. The molecule has 2 aromatic carbocycles. The van der Waals surface area contributed by atoms with Gasteiger partial charge in [0.1, 0.15) is 10.6 Å². The average molecular weight is 531 g/mol. The fourth-order valence-electron chi connectivity index (χ4n) is 3.94. The molecule has 1 fully saturated rings. The number of alkyl halides is 3. The Morgan fingerprint density at radius 3 is 2.63 bits per heavy atom. The van der Waals surface area contributed by atoms with Crippen LogP contribution in [0.25, 0.3) is 10.9 Å². The molecule has 3 aromatic rings. The molecule has 1 aliphatic rings. The van der Waals surface area contributed by atoms with E-state index in [-0.39, 0.29) is 23.7 Å². The Hall–Kier alpha value is -2.60. The van der Waals surface area contributed by atoms with Crippen LogP contribution in [0.2, 0.25) is 5.02 Å². The highest BCUT2D eigenvalue weighted by Crippen LogP contribution is 2.35. The number of aromatic nitrogens is 1. The molecule has 1 saturated heterocycles. The minimum absolute atomic E-state index is 0.118. The van der Waals surface area contributed by atoms with Crippen LogP contribution < -0.4 is 10.3 Å². The number of H-pyrrole nitrogens is 1. The second-order valence-electron chi connectivity index (χ2n) is 8.15. The van der Waals surface area contributed by atoms with E-state index >= 15 is 0 Å². The zero-order chi connectivity index (χ0) is 25.4. The van der Waals surface area contributed by atoms with Gasteiger partial charge in [-0.15, -0.1) is 0 Å². The monoisotopic (exact) mass is 530 g/mol. The number of aromatic amines is 1. The summed E-state index contributed by atoms with van der Waals surface area (Å²) in [5.74, 6) is 0.530. The number of fused-ring (bicyclic) bond motifs is 1. The Morgan fingerprint density at radius 1 is 1.20 bits per heavy atom. The fourth-order valence-corrected chi connectivity index (χ4v) is 5.89. The van der Waals surface area contributed by atoms with Crippen LogP contribution in [0.3, 0.4) is 0 Å². The largest absolute Gasteiger partial charge is 0.497 e. The Kier molecular flexibility index (Phi) is 7.14. The van der Waals surface area contributed by atoms with Crippen molar-refractivity contribution >= 4 is 32.5 Å². The summed E-state index contributed by atoms with van der Waals surface area (Å²) in [6.07, 6.45) is -3.92. The summed E-state index contributed by atoms with van der Waals surface area (Å²) >= 11 is 6.05. The van der Waals surface area contributed by atoms with Gasteiger partial charge in [0.15, 0.2) is 0 Å². The minimum atomic E-state index is -4.76. The van der Waals surface area contributed by atoms with E-state index in [0.717, 1.165) is 16.8 Å². The van der Waals surface area contributed by atoms with Crippen molar-refractivity contribution < 1.29 is 31.1 Å². The van der Waals surface area contributed by atoms with Crippen LogP contribution in [0.4, 0.5) is 13.2 Å². The number of ether oxygens (including phenoxy) is 2. The lowest BCUT2D eigenvalue weighted by Gasteiger charge is -2.25. The van der Waals surface area contributed by atoms with Crippen molar-refractivity contribution in [2.75, 3.05) is 20.3 Å². The number of pyridine rings is 1. The third-order valence-corrected chi connectivity index (χ3v) is 8.08. The summed E-state index contributed by atoms with van der Waals surface area (Å²) in [6.45, 7) is -0.0810. The first-order valence-corrected chi connectivity index (χ1v) is 12.5. The van der Waals surface area contributed by atoms with Gasteiger partial charge in [-0.05, 0) is 54.6 Å². The van der Waals surface area contributed by atoms with E-state index in [1.54, 1.807) is 24.3 Å². The number of nitrogens with one attached hydrogen (secondary N) is 1. The Balaban J connectivity index is 1.77. The van der Waals surface area contributed by atoms with Gasteiger partial charge in [0.2, 0.25) is 10.0 Å². The van der Waals surface area contributed by atoms with Crippen LogP contribution in [-0.4, -0.2) is 44.1 Å². The van der Waals surface area contributed by atoms with E-state index < -0.39 is 38.3 Å². The SMILES string of the molecule is COc1ccc2cc(CN(C[C@H]3CCCO3)S(=O)(=O)c3cc(C(F)(F)F)ccc3Cl)c(=O)[nH]c2c1. The summed E-state index contributed by atoms with van der Waals surface area (Å²) in [4.78, 5) is 14.8. The minimum Gasteiger partial charge on any atom is -0.497 e. The van der Waals surface area contributed by atoms with Crippen molar-refractivity contribution in [1.29, 1.82) is 0 Å². The Labute approximate surface area is 204 Å². The maximum absolute atomic E-state index is 13.6. The van der Waals surface area contributed by atoms with Gasteiger partial charge >= 0.3 is 6.18 Å². The Morgan fingerprint density at radius 2 is 1.97 bits per heavy atom. The highest BCUT2D eigenvalue weighted by Gasteiger charge is 2.36. The molecule has 0 radical (unpaired) electrons. The first kappa shape index (κ1) is 25.5. The van der Waals surface area contributed by atoms with Gasteiger partial charge in [-0.25, -0.2) is 8.42 Å². The first-order valence-electron chi connectivity index (χ1n) is 10.7. The second-order valence-corrected chi connectivity index (χ2v) is 10.5. The summed E-state index contributed by atoms with van der Waals surface area (Å²) in [6, 6.07) is 8.69. The Bertz CT molecular complexity index is 1400. The number of sulfonamides is 1. The number of hydrogen-bond donors (Lipinski definition) is 1. The zero-order valence-corrected chi connectivity index (χ0v) is 20.1. The molecule has 1 N–H and O–H groups in total.